The van der Waals surface area contributed by atoms with Crippen molar-refractivity contribution in [1.82, 2.24) is 4.68 Å². The van der Waals surface area contributed by atoms with Gasteiger partial charge in [-0.3, -0.25) is 15.0 Å². The molecular formula is C9H12N2O2. The van der Waals surface area contributed by atoms with Gasteiger partial charge in [0.2, 0.25) is 5.91 Å². The number of carbonyl (C=O) groups excluding carboxylic acids is 1. The van der Waals surface area contributed by atoms with Crippen LogP contribution >= 0.6 is 0 Å². The van der Waals surface area contributed by atoms with Gasteiger partial charge in [0.15, 0.2) is 0 Å². The number of amides is 1. The fraction of sp³-hybridized carbons (Fsp3) is 0.333. The minimum atomic E-state index is -0.257. The first-order chi connectivity index (χ1) is 6.00. The standard InChI is InChI=1S/C9H12N2O2/c1-6-4-7(2)9(13)11(5-6)10-8(3)12/h4-5H,1-3H3,(H,10,12). The molecule has 0 radical (unpaired) electrons. The Balaban J connectivity index is 3.21. The number of nitrogens with one attached hydrogen (secondary N) is 1. The molecule has 0 fully saturated rings. The highest BCUT2D eigenvalue weighted by Gasteiger charge is 2.01. The molecule has 0 atom stereocenters. The number of hydrogen-bond acceptors (Lipinski definition) is 2. The summed E-state index contributed by atoms with van der Waals surface area (Å²) < 4.78 is 1.20. The van der Waals surface area contributed by atoms with Gasteiger partial charge in [0.25, 0.3) is 5.56 Å². The molecule has 0 saturated heterocycles. The number of pyridine rings is 1. The van der Waals surface area contributed by atoms with E-state index >= 15 is 0 Å². The lowest BCUT2D eigenvalue weighted by Gasteiger charge is -2.07. The fourth-order valence-corrected chi connectivity index (χ4v) is 1.15. The zero-order valence-corrected chi connectivity index (χ0v) is 7.92. The zero-order valence-electron chi connectivity index (χ0n) is 7.92. The lowest BCUT2D eigenvalue weighted by atomic mass is 10.2. The lowest BCUT2D eigenvalue weighted by molar-refractivity contribution is -0.115. The van der Waals surface area contributed by atoms with Crippen LogP contribution in [0.4, 0.5) is 0 Å². The van der Waals surface area contributed by atoms with Crippen LogP contribution in [-0.4, -0.2) is 10.6 Å². The topological polar surface area (TPSA) is 51.1 Å². The van der Waals surface area contributed by atoms with E-state index in [0.717, 1.165) is 5.56 Å². The Kier molecular flexibility index (Phi) is 2.51. The lowest BCUT2D eigenvalue weighted by Crippen LogP contribution is -2.32. The monoisotopic (exact) mass is 180 g/mol. The van der Waals surface area contributed by atoms with Crippen LogP contribution in [0.1, 0.15) is 18.1 Å². The van der Waals surface area contributed by atoms with Gasteiger partial charge < -0.3 is 0 Å². The van der Waals surface area contributed by atoms with Gasteiger partial charge in [0.1, 0.15) is 0 Å². The molecule has 1 aromatic heterocycles. The molecule has 0 unspecified atom stereocenters. The molecule has 0 aliphatic carbocycles. The van der Waals surface area contributed by atoms with Crippen molar-refractivity contribution >= 4 is 5.91 Å². The molecule has 1 N–H and O–H groups in total. The summed E-state index contributed by atoms with van der Waals surface area (Å²) in [5, 5.41) is 0. The van der Waals surface area contributed by atoms with Gasteiger partial charge in [-0.25, -0.2) is 4.68 Å². The summed E-state index contributed by atoms with van der Waals surface area (Å²) in [7, 11) is 0. The van der Waals surface area contributed by atoms with Gasteiger partial charge >= 0.3 is 0 Å². The summed E-state index contributed by atoms with van der Waals surface area (Å²) in [6.07, 6.45) is 1.59. The van der Waals surface area contributed by atoms with Crippen molar-refractivity contribution in [2.45, 2.75) is 20.8 Å². The Morgan fingerprint density at radius 2 is 2.08 bits per heavy atom. The molecule has 4 nitrogen and oxygen atoms in total. The number of rotatable bonds is 1. The third-order valence-corrected chi connectivity index (χ3v) is 1.61. The van der Waals surface area contributed by atoms with E-state index in [0.29, 0.717) is 5.56 Å². The summed E-state index contributed by atoms with van der Waals surface area (Å²) in [6, 6.07) is 1.78. The second-order valence-corrected chi connectivity index (χ2v) is 3.04. The number of nitrogens with zero attached hydrogens (tertiary/aromatic N) is 1. The molecule has 13 heavy (non-hydrogen) atoms. The fourth-order valence-electron chi connectivity index (χ4n) is 1.15. The van der Waals surface area contributed by atoms with E-state index in [1.807, 2.05) is 6.92 Å². The van der Waals surface area contributed by atoms with Gasteiger partial charge in [0, 0.05) is 18.7 Å². The Morgan fingerprint density at radius 3 is 2.62 bits per heavy atom. The van der Waals surface area contributed by atoms with Crippen molar-refractivity contribution in [1.29, 1.82) is 0 Å². The summed E-state index contributed by atoms with van der Waals surface area (Å²) in [5.41, 5.74) is 3.78. The molecule has 0 spiro atoms. The molecule has 4 heteroatoms. The van der Waals surface area contributed by atoms with E-state index in [9.17, 15) is 9.59 Å². The first-order valence-electron chi connectivity index (χ1n) is 3.98. The van der Waals surface area contributed by atoms with Crippen molar-refractivity contribution in [3.05, 3.63) is 33.7 Å². The summed E-state index contributed by atoms with van der Waals surface area (Å²) in [6.45, 7) is 4.95. The van der Waals surface area contributed by atoms with Gasteiger partial charge in [-0.05, 0) is 25.5 Å². The van der Waals surface area contributed by atoms with Crippen molar-refractivity contribution in [2.24, 2.45) is 0 Å². The quantitative estimate of drug-likeness (QED) is 0.686. The Hall–Kier alpha value is -1.58. The third-order valence-electron chi connectivity index (χ3n) is 1.61. The van der Waals surface area contributed by atoms with Crippen LogP contribution in [0.25, 0.3) is 0 Å². The van der Waals surface area contributed by atoms with Crippen molar-refractivity contribution in [3.8, 4) is 0 Å². The first-order valence-corrected chi connectivity index (χ1v) is 3.98. The van der Waals surface area contributed by atoms with E-state index in [4.69, 9.17) is 0 Å². The molecule has 0 saturated carbocycles. The number of aromatic nitrogens is 1. The largest absolute Gasteiger partial charge is 0.274 e. The van der Waals surface area contributed by atoms with Crippen LogP contribution < -0.4 is 11.0 Å². The highest BCUT2D eigenvalue weighted by Crippen LogP contribution is 1.95. The van der Waals surface area contributed by atoms with Crippen LogP contribution in [0, 0.1) is 13.8 Å². The predicted octanol–water partition coefficient (Wildman–Crippen LogP) is 0.555. The average molecular weight is 180 g/mol. The van der Waals surface area contributed by atoms with Gasteiger partial charge in [-0.2, -0.15) is 0 Å². The number of aryl methyl sites for hydroxylation is 2. The van der Waals surface area contributed by atoms with Gasteiger partial charge in [0.05, 0.1) is 0 Å². The minimum absolute atomic E-state index is 0.194. The van der Waals surface area contributed by atoms with Gasteiger partial charge in [-0.1, -0.05) is 0 Å². The van der Waals surface area contributed by atoms with E-state index in [-0.39, 0.29) is 11.5 Å². The molecule has 1 heterocycles. The maximum atomic E-state index is 11.4. The SMILES string of the molecule is CC(=O)Nn1cc(C)cc(C)c1=O. The molecule has 0 aliphatic rings. The molecule has 0 aromatic carbocycles. The second-order valence-electron chi connectivity index (χ2n) is 3.04. The van der Waals surface area contributed by atoms with Crippen molar-refractivity contribution < 1.29 is 4.79 Å². The first kappa shape index (κ1) is 9.51. The van der Waals surface area contributed by atoms with Crippen LogP contribution in [0.5, 0.6) is 0 Å². The predicted molar refractivity (Wildman–Crippen MR) is 50.2 cm³/mol. The molecule has 1 aromatic rings. The highest BCUT2D eigenvalue weighted by atomic mass is 16.2. The van der Waals surface area contributed by atoms with E-state index in [1.54, 1.807) is 19.2 Å². The molecule has 0 bridgehead atoms. The molecule has 1 rings (SSSR count). The average Bonchev–Trinajstić information content (AvgIpc) is 1.98. The van der Waals surface area contributed by atoms with Crippen molar-refractivity contribution in [2.75, 3.05) is 5.43 Å². The minimum Gasteiger partial charge on any atom is -0.274 e. The molecule has 0 aliphatic heterocycles. The molecular weight excluding hydrogens is 168 g/mol. The molecule has 1 amide bonds. The van der Waals surface area contributed by atoms with E-state index < -0.39 is 0 Å². The normalized spacial score (nSPS) is 9.77. The van der Waals surface area contributed by atoms with Gasteiger partial charge in [-0.15, -0.1) is 0 Å². The van der Waals surface area contributed by atoms with Crippen LogP contribution in [0.2, 0.25) is 0 Å². The highest BCUT2D eigenvalue weighted by molar-refractivity contribution is 5.80. The summed E-state index contributed by atoms with van der Waals surface area (Å²) in [4.78, 5) is 22.1. The number of hydrogen-bond donors (Lipinski definition) is 1. The Labute approximate surface area is 76.2 Å². The summed E-state index contributed by atoms with van der Waals surface area (Å²) in [5.74, 6) is -0.257. The van der Waals surface area contributed by atoms with Crippen molar-refractivity contribution in [3.63, 3.8) is 0 Å². The Morgan fingerprint density at radius 1 is 1.46 bits per heavy atom. The Bertz CT molecular complexity index is 393. The number of carbonyl (C=O) groups is 1. The molecule has 70 valence electrons. The van der Waals surface area contributed by atoms with E-state index in [1.165, 1.54) is 11.6 Å². The zero-order chi connectivity index (χ0) is 10.0. The third kappa shape index (κ3) is 2.18. The maximum Gasteiger partial charge on any atom is 0.272 e. The van der Waals surface area contributed by atoms with Crippen LogP contribution in [-0.2, 0) is 4.79 Å². The summed E-state index contributed by atoms with van der Waals surface area (Å²) >= 11 is 0. The van der Waals surface area contributed by atoms with Crippen LogP contribution in [0.15, 0.2) is 17.1 Å². The smallest absolute Gasteiger partial charge is 0.272 e. The maximum absolute atomic E-state index is 11.4. The second kappa shape index (κ2) is 3.43. The van der Waals surface area contributed by atoms with E-state index in [2.05, 4.69) is 5.43 Å². The van der Waals surface area contributed by atoms with Crippen LogP contribution in [0.3, 0.4) is 0 Å².